The Bertz CT molecular complexity index is 828. The highest BCUT2D eigenvalue weighted by molar-refractivity contribution is 5.93. The van der Waals surface area contributed by atoms with Crippen molar-refractivity contribution >= 4 is 11.7 Å². The second-order valence-electron chi connectivity index (χ2n) is 6.15. The van der Waals surface area contributed by atoms with Crippen LogP contribution in [0.2, 0.25) is 0 Å². The molecule has 2 aromatic rings. The molecule has 2 aromatic heterocycles. The number of aryl methyl sites for hydroxylation is 1. The summed E-state index contributed by atoms with van der Waals surface area (Å²) in [6.45, 7) is 1.10. The average Bonchev–Trinajstić information content (AvgIpc) is 2.79. The van der Waals surface area contributed by atoms with Crippen molar-refractivity contribution in [1.29, 1.82) is 0 Å². The molecule has 0 bridgehead atoms. The molecule has 0 saturated carbocycles. The van der Waals surface area contributed by atoms with Crippen molar-refractivity contribution in [3.8, 4) is 0 Å². The normalized spacial score (nSPS) is 14.0. The van der Waals surface area contributed by atoms with Crippen LogP contribution in [0, 0.1) is 0 Å². The Labute approximate surface area is 140 Å². The van der Waals surface area contributed by atoms with Crippen LogP contribution in [0.4, 0.5) is 5.82 Å². The van der Waals surface area contributed by atoms with E-state index in [0.29, 0.717) is 25.9 Å². The number of aromatic nitrogens is 3. The van der Waals surface area contributed by atoms with Crippen molar-refractivity contribution in [2.24, 2.45) is 7.05 Å². The van der Waals surface area contributed by atoms with E-state index >= 15 is 0 Å². The number of carbonyl (C=O) groups is 1. The first kappa shape index (κ1) is 16.2. The summed E-state index contributed by atoms with van der Waals surface area (Å²) in [6, 6.07) is 3.31. The molecule has 7 heteroatoms. The molecular formula is C17H21N5O2. The number of hydrogen-bond donors (Lipinski definition) is 0. The fourth-order valence-corrected chi connectivity index (χ4v) is 3.03. The van der Waals surface area contributed by atoms with Crippen LogP contribution in [0.1, 0.15) is 21.6 Å². The minimum Gasteiger partial charge on any atom is -0.362 e. The Morgan fingerprint density at radius 1 is 1.21 bits per heavy atom. The van der Waals surface area contributed by atoms with Gasteiger partial charge in [0, 0.05) is 52.4 Å². The summed E-state index contributed by atoms with van der Waals surface area (Å²) < 4.78 is 1.43. The molecule has 0 saturated heterocycles. The van der Waals surface area contributed by atoms with E-state index in [2.05, 4.69) is 9.97 Å². The van der Waals surface area contributed by atoms with Gasteiger partial charge in [-0.25, -0.2) is 9.97 Å². The van der Waals surface area contributed by atoms with Crippen molar-refractivity contribution in [2.75, 3.05) is 32.1 Å². The predicted octanol–water partition coefficient (Wildman–Crippen LogP) is 0.482. The van der Waals surface area contributed by atoms with Crippen LogP contribution in [-0.4, -0.2) is 52.5 Å². The molecule has 0 radical (unpaired) electrons. The fraction of sp³-hybridized carbons (Fsp3) is 0.412. The minimum absolute atomic E-state index is 0.213. The van der Waals surface area contributed by atoms with Gasteiger partial charge in [0.25, 0.3) is 11.5 Å². The number of carbonyl (C=O) groups excluding carboxylic acids is 1. The zero-order valence-corrected chi connectivity index (χ0v) is 14.2. The number of anilines is 1. The summed E-state index contributed by atoms with van der Waals surface area (Å²) in [5.74, 6) is 0.674. The van der Waals surface area contributed by atoms with Gasteiger partial charge in [-0.05, 0) is 18.6 Å². The maximum atomic E-state index is 12.8. The van der Waals surface area contributed by atoms with Crippen LogP contribution in [0.5, 0.6) is 0 Å². The summed E-state index contributed by atoms with van der Waals surface area (Å²) in [4.78, 5) is 37.4. The van der Waals surface area contributed by atoms with Crippen LogP contribution >= 0.6 is 0 Å². The van der Waals surface area contributed by atoms with E-state index in [-0.39, 0.29) is 17.0 Å². The first-order chi connectivity index (χ1) is 11.5. The molecule has 24 heavy (non-hydrogen) atoms. The zero-order chi connectivity index (χ0) is 17.3. The van der Waals surface area contributed by atoms with Crippen molar-refractivity contribution in [3.05, 3.63) is 51.8 Å². The van der Waals surface area contributed by atoms with Gasteiger partial charge in [-0.1, -0.05) is 0 Å². The van der Waals surface area contributed by atoms with Gasteiger partial charge in [0.05, 0.1) is 5.69 Å². The number of pyridine rings is 1. The summed E-state index contributed by atoms with van der Waals surface area (Å²) in [5, 5.41) is 0. The van der Waals surface area contributed by atoms with Gasteiger partial charge in [-0.2, -0.15) is 0 Å². The third-order valence-corrected chi connectivity index (χ3v) is 4.33. The lowest BCUT2D eigenvalue weighted by atomic mass is 10.1. The molecule has 0 unspecified atom stereocenters. The van der Waals surface area contributed by atoms with Gasteiger partial charge in [-0.3, -0.25) is 9.59 Å². The Hall–Kier alpha value is -2.70. The van der Waals surface area contributed by atoms with Gasteiger partial charge in [0.2, 0.25) is 0 Å². The Balaban J connectivity index is 1.87. The van der Waals surface area contributed by atoms with Crippen molar-refractivity contribution < 1.29 is 4.79 Å². The molecule has 0 N–H and O–H groups in total. The second-order valence-corrected chi connectivity index (χ2v) is 6.15. The number of amides is 1. The SMILES string of the molecule is CN(C)c1ncnc2c1CCN(C(=O)c1cccn(C)c1=O)CC2. The largest absolute Gasteiger partial charge is 0.362 e. The van der Waals surface area contributed by atoms with Crippen molar-refractivity contribution in [2.45, 2.75) is 12.8 Å². The molecule has 0 aromatic carbocycles. The van der Waals surface area contributed by atoms with Crippen LogP contribution < -0.4 is 10.5 Å². The molecule has 0 aliphatic carbocycles. The maximum Gasteiger partial charge on any atom is 0.263 e. The number of hydrogen-bond acceptors (Lipinski definition) is 5. The molecule has 3 rings (SSSR count). The second kappa shape index (κ2) is 6.43. The van der Waals surface area contributed by atoms with Gasteiger partial charge in [0.1, 0.15) is 17.7 Å². The lowest BCUT2D eigenvalue weighted by Crippen LogP contribution is -2.37. The van der Waals surface area contributed by atoms with Gasteiger partial charge < -0.3 is 14.4 Å². The summed E-state index contributed by atoms with van der Waals surface area (Å²) in [6.07, 6.45) is 4.56. The highest BCUT2D eigenvalue weighted by atomic mass is 16.2. The van der Waals surface area contributed by atoms with Crippen LogP contribution in [0.25, 0.3) is 0 Å². The molecule has 1 aliphatic rings. The summed E-state index contributed by atoms with van der Waals surface area (Å²) in [5.41, 5.74) is 2.01. The predicted molar refractivity (Wildman–Crippen MR) is 91.4 cm³/mol. The zero-order valence-electron chi connectivity index (χ0n) is 14.2. The number of rotatable bonds is 2. The van der Waals surface area contributed by atoms with E-state index in [9.17, 15) is 9.59 Å². The lowest BCUT2D eigenvalue weighted by molar-refractivity contribution is 0.0760. The molecule has 1 aliphatic heterocycles. The Kier molecular flexibility index (Phi) is 4.33. The molecule has 0 atom stereocenters. The molecule has 0 spiro atoms. The Morgan fingerprint density at radius 2 is 1.96 bits per heavy atom. The van der Waals surface area contributed by atoms with Crippen molar-refractivity contribution in [1.82, 2.24) is 19.4 Å². The van der Waals surface area contributed by atoms with E-state index in [1.54, 1.807) is 36.6 Å². The number of fused-ring (bicyclic) bond motifs is 1. The molecule has 1 amide bonds. The molecule has 3 heterocycles. The van der Waals surface area contributed by atoms with Gasteiger partial charge in [0.15, 0.2) is 0 Å². The monoisotopic (exact) mass is 327 g/mol. The number of nitrogens with zero attached hydrogens (tertiary/aromatic N) is 5. The molecule has 126 valence electrons. The highest BCUT2D eigenvalue weighted by Crippen LogP contribution is 2.22. The quantitative estimate of drug-likeness (QED) is 0.802. The average molecular weight is 327 g/mol. The fourth-order valence-electron chi connectivity index (χ4n) is 3.03. The van der Waals surface area contributed by atoms with Crippen LogP contribution in [-0.2, 0) is 19.9 Å². The first-order valence-corrected chi connectivity index (χ1v) is 7.94. The maximum absolute atomic E-state index is 12.8. The molecular weight excluding hydrogens is 306 g/mol. The van der Waals surface area contributed by atoms with E-state index in [1.807, 2.05) is 19.0 Å². The first-order valence-electron chi connectivity index (χ1n) is 7.94. The topological polar surface area (TPSA) is 71.3 Å². The minimum atomic E-state index is -0.266. The molecule has 0 fully saturated rings. The Morgan fingerprint density at radius 3 is 2.71 bits per heavy atom. The standard InChI is InChI=1S/C17H21N5O2/c1-20(2)15-12-6-9-22(10-7-14(12)18-11-19-15)17(24)13-5-4-8-21(3)16(13)23/h4-5,8,11H,6-7,9-10H2,1-3H3. The van der Waals surface area contributed by atoms with Gasteiger partial charge >= 0.3 is 0 Å². The molecule has 7 nitrogen and oxygen atoms in total. The smallest absolute Gasteiger partial charge is 0.263 e. The third kappa shape index (κ3) is 2.89. The third-order valence-electron chi connectivity index (χ3n) is 4.33. The van der Waals surface area contributed by atoms with E-state index in [0.717, 1.165) is 17.1 Å². The summed E-state index contributed by atoms with van der Waals surface area (Å²) >= 11 is 0. The highest BCUT2D eigenvalue weighted by Gasteiger charge is 2.24. The van der Waals surface area contributed by atoms with E-state index in [4.69, 9.17) is 0 Å². The van der Waals surface area contributed by atoms with E-state index < -0.39 is 0 Å². The van der Waals surface area contributed by atoms with Crippen LogP contribution in [0.3, 0.4) is 0 Å². The van der Waals surface area contributed by atoms with Gasteiger partial charge in [-0.15, -0.1) is 0 Å². The van der Waals surface area contributed by atoms with Crippen molar-refractivity contribution in [3.63, 3.8) is 0 Å². The lowest BCUT2D eigenvalue weighted by Gasteiger charge is -2.20. The van der Waals surface area contributed by atoms with E-state index in [1.165, 1.54) is 4.57 Å². The van der Waals surface area contributed by atoms with Crippen LogP contribution in [0.15, 0.2) is 29.5 Å². The summed E-state index contributed by atoms with van der Waals surface area (Å²) in [7, 11) is 5.55.